The van der Waals surface area contributed by atoms with E-state index in [1.54, 1.807) is 12.1 Å². The number of benzene rings is 1. The van der Waals surface area contributed by atoms with E-state index in [9.17, 15) is 14.7 Å². The van der Waals surface area contributed by atoms with Gasteiger partial charge in [0, 0.05) is 6.42 Å². The molecule has 1 atom stereocenters. The van der Waals surface area contributed by atoms with E-state index in [0.29, 0.717) is 24.7 Å². The van der Waals surface area contributed by atoms with Gasteiger partial charge in [-0.15, -0.1) is 0 Å². The number of aromatic carboxylic acids is 1. The normalized spacial score (nSPS) is 16.1. The molecule has 1 saturated carbocycles. The standard InChI is InChI=1S/C21H31NO4/c1-3-4-12-26-19-11-10-17(14-18(19)21(24)25)15(2)22-20(23)13-16-8-6-5-7-9-16/h10-11,14-16H,3-9,12-13H2,1-2H3,(H,22,23)(H,24,25). The quantitative estimate of drug-likeness (QED) is 0.625. The molecular weight excluding hydrogens is 330 g/mol. The molecule has 2 rings (SSSR count). The maximum atomic E-state index is 12.3. The summed E-state index contributed by atoms with van der Waals surface area (Å²) in [5.74, 6) is -0.0982. The van der Waals surface area contributed by atoms with Crippen molar-refractivity contribution in [3.8, 4) is 5.75 Å². The van der Waals surface area contributed by atoms with Crippen LogP contribution in [0.15, 0.2) is 18.2 Å². The molecule has 2 N–H and O–H groups in total. The summed E-state index contributed by atoms with van der Waals surface area (Å²) < 4.78 is 5.59. The Morgan fingerprint density at radius 2 is 2.00 bits per heavy atom. The number of unbranched alkanes of at least 4 members (excludes halogenated alkanes) is 1. The first-order valence-electron chi connectivity index (χ1n) is 9.80. The van der Waals surface area contributed by atoms with Crippen LogP contribution in [0.4, 0.5) is 0 Å². The Bertz CT molecular complexity index is 608. The Hall–Kier alpha value is -2.04. The van der Waals surface area contributed by atoms with Gasteiger partial charge in [-0.3, -0.25) is 4.79 Å². The van der Waals surface area contributed by atoms with Gasteiger partial charge in [-0.05, 0) is 49.8 Å². The average molecular weight is 361 g/mol. The number of hydrogen-bond donors (Lipinski definition) is 2. The van der Waals surface area contributed by atoms with Crippen molar-refractivity contribution < 1.29 is 19.4 Å². The van der Waals surface area contributed by atoms with Crippen molar-refractivity contribution in [2.24, 2.45) is 5.92 Å². The summed E-state index contributed by atoms with van der Waals surface area (Å²) in [5, 5.41) is 12.5. The Morgan fingerprint density at radius 3 is 2.65 bits per heavy atom. The molecule has 26 heavy (non-hydrogen) atoms. The first kappa shape index (κ1) is 20.3. The highest BCUT2D eigenvalue weighted by Gasteiger charge is 2.20. The van der Waals surface area contributed by atoms with Gasteiger partial charge in [0.15, 0.2) is 0 Å². The molecule has 5 nitrogen and oxygen atoms in total. The van der Waals surface area contributed by atoms with Gasteiger partial charge in [0.2, 0.25) is 5.91 Å². The molecule has 0 aromatic heterocycles. The van der Waals surface area contributed by atoms with Crippen LogP contribution in [0, 0.1) is 5.92 Å². The van der Waals surface area contributed by atoms with E-state index in [4.69, 9.17) is 4.74 Å². The van der Waals surface area contributed by atoms with Crippen LogP contribution in [-0.4, -0.2) is 23.6 Å². The number of carboxylic acids is 1. The number of carboxylic acid groups (broad SMARTS) is 1. The summed E-state index contributed by atoms with van der Waals surface area (Å²) in [4.78, 5) is 23.8. The second-order valence-corrected chi connectivity index (χ2v) is 7.26. The van der Waals surface area contributed by atoms with Gasteiger partial charge in [-0.25, -0.2) is 4.79 Å². The molecule has 0 saturated heterocycles. The third kappa shape index (κ3) is 6.04. The van der Waals surface area contributed by atoms with Crippen LogP contribution >= 0.6 is 0 Å². The van der Waals surface area contributed by atoms with Gasteiger partial charge in [-0.2, -0.15) is 0 Å². The Labute approximate surface area is 156 Å². The number of nitrogens with one attached hydrogen (secondary N) is 1. The summed E-state index contributed by atoms with van der Waals surface area (Å²) in [6, 6.07) is 4.90. The van der Waals surface area contributed by atoms with Crippen LogP contribution in [0.2, 0.25) is 0 Å². The number of hydrogen-bond acceptors (Lipinski definition) is 3. The third-order valence-electron chi connectivity index (χ3n) is 5.07. The molecule has 1 aromatic rings. The van der Waals surface area contributed by atoms with Crippen LogP contribution in [0.5, 0.6) is 5.75 Å². The van der Waals surface area contributed by atoms with Crippen molar-refractivity contribution in [2.75, 3.05) is 6.61 Å². The molecule has 1 aliphatic rings. The molecule has 0 heterocycles. The minimum atomic E-state index is -1.01. The molecule has 1 fully saturated rings. The number of carbonyl (C=O) groups is 2. The van der Waals surface area contributed by atoms with Gasteiger partial charge in [-0.1, -0.05) is 38.7 Å². The number of amides is 1. The molecule has 0 aliphatic heterocycles. The van der Waals surface area contributed by atoms with E-state index in [2.05, 4.69) is 12.2 Å². The van der Waals surface area contributed by atoms with E-state index in [-0.39, 0.29) is 17.5 Å². The fourth-order valence-electron chi connectivity index (χ4n) is 3.47. The first-order valence-corrected chi connectivity index (χ1v) is 9.80. The van der Waals surface area contributed by atoms with Crippen molar-refractivity contribution in [1.82, 2.24) is 5.32 Å². The Balaban J connectivity index is 1.98. The average Bonchev–Trinajstić information content (AvgIpc) is 2.62. The number of ether oxygens (including phenoxy) is 1. The van der Waals surface area contributed by atoms with Crippen molar-refractivity contribution in [3.05, 3.63) is 29.3 Å². The van der Waals surface area contributed by atoms with E-state index < -0.39 is 5.97 Å². The molecule has 1 amide bonds. The van der Waals surface area contributed by atoms with Crippen LogP contribution in [0.1, 0.15) is 87.2 Å². The van der Waals surface area contributed by atoms with Crippen molar-refractivity contribution in [1.29, 1.82) is 0 Å². The third-order valence-corrected chi connectivity index (χ3v) is 5.07. The first-order chi connectivity index (χ1) is 12.5. The van der Waals surface area contributed by atoms with E-state index in [1.807, 2.05) is 13.0 Å². The maximum absolute atomic E-state index is 12.3. The summed E-state index contributed by atoms with van der Waals surface area (Å²) >= 11 is 0. The van der Waals surface area contributed by atoms with Crippen LogP contribution < -0.4 is 10.1 Å². The highest BCUT2D eigenvalue weighted by Crippen LogP contribution is 2.27. The topological polar surface area (TPSA) is 75.6 Å². The van der Waals surface area contributed by atoms with Gasteiger partial charge >= 0.3 is 5.97 Å². The number of rotatable bonds is 9. The van der Waals surface area contributed by atoms with E-state index in [0.717, 1.165) is 31.2 Å². The van der Waals surface area contributed by atoms with Crippen molar-refractivity contribution in [2.45, 2.75) is 71.3 Å². The van der Waals surface area contributed by atoms with E-state index >= 15 is 0 Å². The largest absolute Gasteiger partial charge is 0.493 e. The van der Waals surface area contributed by atoms with Crippen LogP contribution in [0.3, 0.4) is 0 Å². The van der Waals surface area contributed by atoms with Gasteiger partial charge in [0.05, 0.1) is 12.6 Å². The lowest BCUT2D eigenvalue weighted by Gasteiger charge is -2.22. The summed E-state index contributed by atoms with van der Waals surface area (Å²) in [7, 11) is 0. The summed E-state index contributed by atoms with van der Waals surface area (Å²) in [6.45, 7) is 4.45. The molecule has 0 radical (unpaired) electrons. The van der Waals surface area contributed by atoms with E-state index in [1.165, 1.54) is 19.3 Å². The minimum absolute atomic E-state index is 0.0459. The minimum Gasteiger partial charge on any atom is -0.493 e. The Kier molecular flexibility index (Phi) is 7.95. The lowest BCUT2D eigenvalue weighted by atomic mass is 9.87. The van der Waals surface area contributed by atoms with Crippen molar-refractivity contribution >= 4 is 11.9 Å². The molecule has 0 spiro atoms. The summed E-state index contributed by atoms with van der Waals surface area (Å²) in [5.41, 5.74) is 0.925. The highest BCUT2D eigenvalue weighted by molar-refractivity contribution is 5.91. The Morgan fingerprint density at radius 1 is 1.27 bits per heavy atom. The zero-order chi connectivity index (χ0) is 18.9. The second-order valence-electron chi connectivity index (χ2n) is 7.26. The van der Waals surface area contributed by atoms with Gasteiger partial charge in [0.1, 0.15) is 11.3 Å². The lowest BCUT2D eigenvalue weighted by Crippen LogP contribution is -2.29. The maximum Gasteiger partial charge on any atom is 0.339 e. The zero-order valence-corrected chi connectivity index (χ0v) is 15.9. The monoisotopic (exact) mass is 361 g/mol. The molecule has 0 bridgehead atoms. The predicted molar refractivity (Wildman–Crippen MR) is 102 cm³/mol. The van der Waals surface area contributed by atoms with Crippen LogP contribution in [-0.2, 0) is 4.79 Å². The molecule has 1 aromatic carbocycles. The lowest BCUT2D eigenvalue weighted by molar-refractivity contribution is -0.122. The van der Waals surface area contributed by atoms with Crippen LogP contribution in [0.25, 0.3) is 0 Å². The molecular formula is C21H31NO4. The second kappa shape index (κ2) is 10.2. The smallest absolute Gasteiger partial charge is 0.339 e. The summed E-state index contributed by atoms with van der Waals surface area (Å²) in [6.07, 6.45) is 8.42. The highest BCUT2D eigenvalue weighted by atomic mass is 16.5. The fraction of sp³-hybridized carbons (Fsp3) is 0.619. The van der Waals surface area contributed by atoms with Gasteiger partial charge in [0.25, 0.3) is 0 Å². The molecule has 5 heteroatoms. The fourth-order valence-corrected chi connectivity index (χ4v) is 3.47. The van der Waals surface area contributed by atoms with Gasteiger partial charge < -0.3 is 15.2 Å². The van der Waals surface area contributed by atoms with Crippen molar-refractivity contribution in [3.63, 3.8) is 0 Å². The number of carbonyl (C=O) groups excluding carboxylic acids is 1. The zero-order valence-electron chi connectivity index (χ0n) is 15.9. The molecule has 144 valence electrons. The molecule has 1 unspecified atom stereocenters. The SMILES string of the molecule is CCCCOc1ccc(C(C)NC(=O)CC2CCCCC2)cc1C(=O)O. The molecule has 1 aliphatic carbocycles. The predicted octanol–water partition coefficient (Wildman–Crippen LogP) is 4.71.